The Morgan fingerprint density at radius 2 is 1.78 bits per heavy atom. The molecule has 2 aliphatic heterocycles. The second-order valence-corrected chi connectivity index (χ2v) is 5.72. The average molecular weight is 273 g/mol. The minimum absolute atomic E-state index is 0.159. The molecule has 98 valence electrons. The SMILES string of the molecule is Fc1cc(N2CCC3(CC2)CNC3)c(F)cc1Cl. The van der Waals surface area contributed by atoms with Crippen molar-refractivity contribution in [2.45, 2.75) is 12.8 Å². The van der Waals surface area contributed by atoms with Crippen LogP contribution in [-0.2, 0) is 0 Å². The molecule has 0 unspecified atom stereocenters. The highest BCUT2D eigenvalue weighted by Crippen LogP contribution is 2.37. The van der Waals surface area contributed by atoms with Crippen LogP contribution in [0.4, 0.5) is 14.5 Å². The molecule has 18 heavy (non-hydrogen) atoms. The largest absolute Gasteiger partial charge is 0.369 e. The number of nitrogens with zero attached hydrogens (tertiary/aromatic N) is 1. The molecule has 2 fully saturated rings. The van der Waals surface area contributed by atoms with Gasteiger partial charge in [-0.15, -0.1) is 0 Å². The van der Waals surface area contributed by atoms with Crippen molar-refractivity contribution in [3.05, 3.63) is 28.8 Å². The number of halogens is 3. The van der Waals surface area contributed by atoms with E-state index in [9.17, 15) is 8.78 Å². The van der Waals surface area contributed by atoms with Gasteiger partial charge in [-0.05, 0) is 24.3 Å². The van der Waals surface area contributed by atoms with E-state index in [2.05, 4.69) is 5.32 Å². The number of nitrogens with one attached hydrogen (secondary N) is 1. The van der Waals surface area contributed by atoms with Crippen LogP contribution >= 0.6 is 11.6 Å². The Bertz CT molecular complexity index is 464. The summed E-state index contributed by atoms with van der Waals surface area (Å²) >= 11 is 5.56. The summed E-state index contributed by atoms with van der Waals surface area (Å²) in [5.74, 6) is -0.997. The summed E-state index contributed by atoms with van der Waals surface area (Å²) in [5.41, 5.74) is 0.733. The molecule has 2 aliphatic rings. The Kier molecular flexibility index (Phi) is 2.94. The van der Waals surface area contributed by atoms with E-state index in [0.717, 1.165) is 45.1 Å². The minimum atomic E-state index is -0.557. The van der Waals surface area contributed by atoms with E-state index in [1.807, 2.05) is 4.90 Å². The van der Waals surface area contributed by atoms with Gasteiger partial charge in [-0.25, -0.2) is 8.78 Å². The first-order chi connectivity index (χ1) is 8.60. The Balaban J connectivity index is 1.78. The maximum Gasteiger partial charge on any atom is 0.148 e. The summed E-state index contributed by atoms with van der Waals surface area (Å²) in [5, 5.41) is 3.12. The van der Waals surface area contributed by atoms with Crippen LogP contribution in [0.5, 0.6) is 0 Å². The Morgan fingerprint density at radius 1 is 1.11 bits per heavy atom. The zero-order valence-corrected chi connectivity index (χ0v) is 10.7. The highest BCUT2D eigenvalue weighted by molar-refractivity contribution is 6.30. The number of benzene rings is 1. The van der Waals surface area contributed by atoms with Crippen LogP contribution in [0.25, 0.3) is 0 Å². The lowest BCUT2D eigenvalue weighted by Crippen LogP contribution is -2.58. The van der Waals surface area contributed by atoms with E-state index in [4.69, 9.17) is 11.6 Å². The fraction of sp³-hybridized carbons (Fsp3) is 0.538. The van der Waals surface area contributed by atoms with Gasteiger partial charge in [-0.1, -0.05) is 11.6 Å². The van der Waals surface area contributed by atoms with Crippen molar-refractivity contribution < 1.29 is 8.78 Å². The summed E-state index contributed by atoms with van der Waals surface area (Å²) in [6.45, 7) is 3.66. The molecule has 5 heteroatoms. The summed E-state index contributed by atoms with van der Waals surface area (Å²) in [7, 11) is 0. The molecule has 2 heterocycles. The Labute approximate surface area is 110 Å². The molecule has 0 aliphatic carbocycles. The second-order valence-electron chi connectivity index (χ2n) is 5.31. The minimum Gasteiger partial charge on any atom is -0.369 e. The highest BCUT2D eigenvalue weighted by Gasteiger charge is 2.39. The molecule has 1 aromatic rings. The fourth-order valence-electron chi connectivity index (χ4n) is 2.81. The van der Waals surface area contributed by atoms with Gasteiger partial charge in [0.2, 0.25) is 0 Å². The number of hydrogen-bond acceptors (Lipinski definition) is 2. The molecule has 0 bridgehead atoms. The molecule has 3 rings (SSSR count). The fourth-order valence-corrected chi connectivity index (χ4v) is 2.96. The molecular formula is C13H15ClF2N2. The topological polar surface area (TPSA) is 15.3 Å². The molecule has 2 saturated heterocycles. The van der Waals surface area contributed by atoms with Gasteiger partial charge in [0.25, 0.3) is 0 Å². The van der Waals surface area contributed by atoms with Crippen LogP contribution in [0.2, 0.25) is 5.02 Å². The van der Waals surface area contributed by atoms with Crippen molar-refractivity contribution in [2.24, 2.45) is 5.41 Å². The lowest BCUT2D eigenvalue weighted by Gasteiger charge is -2.48. The second kappa shape index (κ2) is 4.35. The van der Waals surface area contributed by atoms with E-state index in [1.165, 1.54) is 6.07 Å². The Morgan fingerprint density at radius 3 is 2.33 bits per heavy atom. The summed E-state index contributed by atoms with van der Waals surface area (Å²) < 4.78 is 27.2. The molecule has 0 saturated carbocycles. The van der Waals surface area contributed by atoms with E-state index in [0.29, 0.717) is 11.1 Å². The number of piperidine rings is 1. The van der Waals surface area contributed by atoms with Crippen LogP contribution in [0, 0.1) is 17.0 Å². The molecule has 1 spiro atoms. The molecule has 0 aromatic heterocycles. The van der Waals surface area contributed by atoms with Crippen LogP contribution in [0.1, 0.15) is 12.8 Å². The maximum absolute atomic E-state index is 13.8. The highest BCUT2D eigenvalue weighted by atomic mass is 35.5. The third kappa shape index (κ3) is 1.97. The predicted octanol–water partition coefficient (Wildman–Crippen LogP) is 2.81. The number of anilines is 1. The first kappa shape index (κ1) is 12.2. The monoisotopic (exact) mass is 272 g/mol. The van der Waals surface area contributed by atoms with E-state index >= 15 is 0 Å². The third-order valence-electron chi connectivity index (χ3n) is 4.15. The molecule has 0 atom stereocenters. The summed E-state index contributed by atoms with van der Waals surface area (Å²) in [4.78, 5) is 1.91. The first-order valence-corrected chi connectivity index (χ1v) is 6.58. The van der Waals surface area contributed by atoms with Gasteiger partial charge in [0.05, 0.1) is 10.7 Å². The van der Waals surface area contributed by atoms with Crippen molar-refractivity contribution in [2.75, 3.05) is 31.1 Å². The van der Waals surface area contributed by atoms with Gasteiger partial charge in [0.1, 0.15) is 11.6 Å². The van der Waals surface area contributed by atoms with Crippen LogP contribution in [0.15, 0.2) is 12.1 Å². The van der Waals surface area contributed by atoms with E-state index in [-0.39, 0.29) is 5.02 Å². The smallest absolute Gasteiger partial charge is 0.148 e. The van der Waals surface area contributed by atoms with Crippen molar-refractivity contribution in [3.8, 4) is 0 Å². The Hall–Kier alpha value is -0.870. The van der Waals surface area contributed by atoms with Crippen molar-refractivity contribution in [1.82, 2.24) is 5.32 Å². The standard InChI is InChI=1S/C13H15ClF2N2/c14-9-5-11(16)12(6-10(9)15)18-3-1-13(2-4-18)7-17-8-13/h5-6,17H,1-4,7-8H2. The van der Waals surface area contributed by atoms with Gasteiger partial charge in [-0.3, -0.25) is 0 Å². The van der Waals surface area contributed by atoms with Crippen molar-refractivity contribution >= 4 is 17.3 Å². The normalized spacial score (nSPS) is 22.1. The van der Waals surface area contributed by atoms with E-state index < -0.39 is 11.6 Å². The average Bonchev–Trinajstić information content (AvgIpc) is 2.32. The molecule has 1 N–H and O–H groups in total. The number of hydrogen-bond donors (Lipinski definition) is 1. The van der Waals surface area contributed by atoms with Crippen LogP contribution in [0.3, 0.4) is 0 Å². The third-order valence-corrected chi connectivity index (χ3v) is 4.44. The van der Waals surface area contributed by atoms with Gasteiger partial charge in [-0.2, -0.15) is 0 Å². The van der Waals surface area contributed by atoms with Crippen LogP contribution < -0.4 is 10.2 Å². The lowest BCUT2D eigenvalue weighted by molar-refractivity contribution is 0.126. The molecule has 1 aromatic carbocycles. The maximum atomic E-state index is 13.8. The predicted molar refractivity (Wildman–Crippen MR) is 68.1 cm³/mol. The summed E-state index contributed by atoms with van der Waals surface area (Å²) in [6, 6.07) is 2.26. The van der Waals surface area contributed by atoms with Crippen molar-refractivity contribution in [1.29, 1.82) is 0 Å². The quantitative estimate of drug-likeness (QED) is 0.791. The van der Waals surface area contributed by atoms with Gasteiger partial charge < -0.3 is 10.2 Å². The zero-order chi connectivity index (χ0) is 12.8. The molecule has 0 radical (unpaired) electrons. The molecule has 0 amide bonds. The number of rotatable bonds is 1. The summed E-state index contributed by atoms with van der Waals surface area (Å²) in [6.07, 6.45) is 2.06. The molecule has 2 nitrogen and oxygen atoms in total. The van der Waals surface area contributed by atoms with Gasteiger partial charge in [0.15, 0.2) is 0 Å². The first-order valence-electron chi connectivity index (χ1n) is 6.20. The van der Waals surface area contributed by atoms with E-state index in [1.54, 1.807) is 0 Å². The lowest BCUT2D eigenvalue weighted by atomic mass is 9.73. The van der Waals surface area contributed by atoms with Crippen molar-refractivity contribution in [3.63, 3.8) is 0 Å². The zero-order valence-electron chi connectivity index (χ0n) is 9.98. The van der Waals surface area contributed by atoms with Gasteiger partial charge in [0, 0.05) is 32.2 Å². The van der Waals surface area contributed by atoms with Gasteiger partial charge >= 0.3 is 0 Å². The van der Waals surface area contributed by atoms with Crippen LogP contribution in [-0.4, -0.2) is 26.2 Å². The molecular weight excluding hydrogens is 258 g/mol.